The SMILES string of the molecule is CCC1(O)CN(C(=O)C(N)CCc2ccccc2)C1. The first-order valence-electron chi connectivity index (χ1n) is 6.85. The fourth-order valence-electron chi connectivity index (χ4n) is 2.37. The lowest BCUT2D eigenvalue weighted by molar-refractivity contribution is -0.157. The lowest BCUT2D eigenvalue weighted by Crippen LogP contribution is -2.65. The molecule has 1 aliphatic rings. The van der Waals surface area contributed by atoms with E-state index in [-0.39, 0.29) is 5.91 Å². The van der Waals surface area contributed by atoms with Crippen LogP contribution in [0.25, 0.3) is 0 Å². The van der Waals surface area contributed by atoms with E-state index in [1.165, 1.54) is 5.56 Å². The van der Waals surface area contributed by atoms with E-state index in [2.05, 4.69) is 0 Å². The molecule has 1 aliphatic heterocycles. The van der Waals surface area contributed by atoms with Gasteiger partial charge >= 0.3 is 0 Å². The van der Waals surface area contributed by atoms with Gasteiger partial charge in [-0.3, -0.25) is 4.79 Å². The first kappa shape index (κ1) is 14.0. The summed E-state index contributed by atoms with van der Waals surface area (Å²) >= 11 is 0. The first-order chi connectivity index (χ1) is 9.04. The van der Waals surface area contributed by atoms with Gasteiger partial charge in [-0.15, -0.1) is 0 Å². The molecule has 1 atom stereocenters. The summed E-state index contributed by atoms with van der Waals surface area (Å²) in [4.78, 5) is 13.7. The second kappa shape index (κ2) is 5.72. The molecule has 1 amide bonds. The Hall–Kier alpha value is -1.39. The minimum absolute atomic E-state index is 0.0472. The van der Waals surface area contributed by atoms with Crippen molar-refractivity contribution < 1.29 is 9.90 Å². The zero-order valence-electron chi connectivity index (χ0n) is 11.4. The van der Waals surface area contributed by atoms with Gasteiger partial charge in [0.2, 0.25) is 5.91 Å². The van der Waals surface area contributed by atoms with Gasteiger partial charge in [-0.1, -0.05) is 37.3 Å². The number of carbonyl (C=O) groups excluding carboxylic acids is 1. The average molecular weight is 262 g/mol. The summed E-state index contributed by atoms with van der Waals surface area (Å²) in [6.45, 7) is 2.76. The molecule has 4 heteroatoms. The van der Waals surface area contributed by atoms with Crippen LogP contribution in [0.2, 0.25) is 0 Å². The quantitative estimate of drug-likeness (QED) is 0.829. The Morgan fingerprint density at radius 2 is 2.05 bits per heavy atom. The molecule has 0 radical (unpaired) electrons. The van der Waals surface area contributed by atoms with Gasteiger partial charge < -0.3 is 15.7 Å². The summed E-state index contributed by atoms with van der Waals surface area (Å²) in [5.74, 6) is -0.0472. The van der Waals surface area contributed by atoms with Gasteiger partial charge in [-0.2, -0.15) is 0 Å². The summed E-state index contributed by atoms with van der Waals surface area (Å²) in [7, 11) is 0. The molecular weight excluding hydrogens is 240 g/mol. The molecule has 1 fully saturated rings. The van der Waals surface area contributed by atoms with Crippen molar-refractivity contribution in [2.45, 2.75) is 37.8 Å². The highest BCUT2D eigenvalue weighted by atomic mass is 16.3. The first-order valence-corrected chi connectivity index (χ1v) is 6.85. The van der Waals surface area contributed by atoms with E-state index in [9.17, 15) is 9.90 Å². The molecule has 1 saturated heterocycles. The van der Waals surface area contributed by atoms with Crippen molar-refractivity contribution in [3.8, 4) is 0 Å². The highest BCUT2D eigenvalue weighted by Gasteiger charge is 2.42. The normalized spacial score (nSPS) is 18.8. The smallest absolute Gasteiger partial charge is 0.239 e. The molecule has 1 unspecified atom stereocenters. The van der Waals surface area contributed by atoms with Crippen LogP contribution in [-0.2, 0) is 11.2 Å². The molecule has 4 nitrogen and oxygen atoms in total. The standard InChI is InChI=1S/C15H22N2O2/c1-2-15(19)10-17(11-15)14(18)13(16)9-8-12-6-4-3-5-7-12/h3-7,13,19H,2,8-11,16H2,1H3. The van der Waals surface area contributed by atoms with Crippen molar-refractivity contribution in [2.24, 2.45) is 5.73 Å². The van der Waals surface area contributed by atoms with Gasteiger partial charge in [-0.05, 0) is 24.8 Å². The van der Waals surface area contributed by atoms with Gasteiger partial charge in [0, 0.05) is 0 Å². The van der Waals surface area contributed by atoms with Crippen LogP contribution < -0.4 is 5.73 Å². The molecule has 0 aromatic heterocycles. The topological polar surface area (TPSA) is 66.6 Å². The lowest BCUT2D eigenvalue weighted by Gasteiger charge is -2.46. The average Bonchev–Trinajstić information content (AvgIpc) is 2.41. The molecule has 3 N–H and O–H groups in total. The number of aryl methyl sites for hydroxylation is 1. The fraction of sp³-hybridized carbons (Fsp3) is 0.533. The third kappa shape index (κ3) is 3.33. The van der Waals surface area contributed by atoms with Crippen molar-refractivity contribution >= 4 is 5.91 Å². The van der Waals surface area contributed by atoms with E-state index in [0.29, 0.717) is 25.9 Å². The van der Waals surface area contributed by atoms with Crippen LogP contribution in [0.3, 0.4) is 0 Å². The molecule has 1 aromatic rings. The molecule has 104 valence electrons. The number of nitrogens with two attached hydrogens (primary N) is 1. The summed E-state index contributed by atoms with van der Waals surface area (Å²) in [5, 5.41) is 9.89. The number of aliphatic hydroxyl groups is 1. The molecule has 1 heterocycles. The Labute approximate surface area is 114 Å². The summed E-state index contributed by atoms with van der Waals surface area (Å²) in [6.07, 6.45) is 2.12. The van der Waals surface area contributed by atoms with Crippen LogP contribution >= 0.6 is 0 Å². The number of carbonyl (C=O) groups is 1. The molecule has 19 heavy (non-hydrogen) atoms. The minimum Gasteiger partial charge on any atom is -0.386 e. The van der Waals surface area contributed by atoms with Crippen LogP contribution in [0.5, 0.6) is 0 Å². The van der Waals surface area contributed by atoms with E-state index >= 15 is 0 Å². The maximum absolute atomic E-state index is 12.0. The molecule has 1 aromatic carbocycles. The van der Waals surface area contributed by atoms with Crippen molar-refractivity contribution in [3.05, 3.63) is 35.9 Å². The third-order valence-corrected chi connectivity index (χ3v) is 3.84. The molecule has 2 rings (SSSR count). The fourth-order valence-corrected chi connectivity index (χ4v) is 2.37. The van der Waals surface area contributed by atoms with E-state index in [0.717, 1.165) is 6.42 Å². The van der Waals surface area contributed by atoms with Crippen molar-refractivity contribution in [1.82, 2.24) is 4.90 Å². The Kier molecular flexibility index (Phi) is 4.22. The van der Waals surface area contributed by atoms with E-state index in [1.807, 2.05) is 37.3 Å². The monoisotopic (exact) mass is 262 g/mol. The number of nitrogens with zero attached hydrogens (tertiary/aromatic N) is 1. The van der Waals surface area contributed by atoms with Gasteiger partial charge in [-0.25, -0.2) is 0 Å². The highest BCUT2D eigenvalue weighted by Crippen LogP contribution is 2.24. The zero-order chi connectivity index (χ0) is 13.9. The second-order valence-corrected chi connectivity index (χ2v) is 5.40. The number of rotatable bonds is 5. The molecule has 0 bridgehead atoms. The van der Waals surface area contributed by atoms with Gasteiger partial charge in [0.05, 0.1) is 24.7 Å². The largest absolute Gasteiger partial charge is 0.386 e. The molecular formula is C15H22N2O2. The zero-order valence-corrected chi connectivity index (χ0v) is 11.4. The van der Waals surface area contributed by atoms with Crippen LogP contribution in [-0.4, -0.2) is 40.6 Å². The lowest BCUT2D eigenvalue weighted by atomic mass is 9.90. The number of β-amino-alcohol motifs (C(OH)–C–C–N with tert-alkyl or cyclic N) is 1. The van der Waals surface area contributed by atoms with E-state index in [1.54, 1.807) is 4.90 Å². The Morgan fingerprint density at radius 1 is 1.42 bits per heavy atom. The van der Waals surface area contributed by atoms with Crippen LogP contribution in [0.15, 0.2) is 30.3 Å². The maximum Gasteiger partial charge on any atom is 0.239 e. The van der Waals surface area contributed by atoms with E-state index in [4.69, 9.17) is 5.73 Å². The van der Waals surface area contributed by atoms with Gasteiger partial charge in [0.1, 0.15) is 0 Å². The number of benzene rings is 1. The van der Waals surface area contributed by atoms with Crippen LogP contribution in [0.1, 0.15) is 25.3 Å². The Morgan fingerprint density at radius 3 is 2.63 bits per heavy atom. The summed E-state index contributed by atoms with van der Waals surface area (Å²) in [5.41, 5.74) is 6.44. The van der Waals surface area contributed by atoms with E-state index < -0.39 is 11.6 Å². The maximum atomic E-state index is 12.0. The minimum atomic E-state index is -0.686. The van der Waals surface area contributed by atoms with Crippen molar-refractivity contribution in [2.75, 3.05) is 13.1 Å². The predicted octanol–water partition coefficient (Wildman–Crippen LogP) is 0.930. The third-order valence-electron chi connectivity index (χ3n) is 3.84. The van der Waals surface area contributed by atoms with Crippen LogP contribution in [0, 0.1) is 0 Å². The Balaban J connectivity index is 1.78. The molecule has 0 saturated carbocycles. The molecule has 0 aliphatic carbocycles. The van der Waals surface area contributed by atoms with Crippen molar-refractivity contribution in [1.29, 1.82) is 0 Å². The van der Waals surface area contributed by atoms with Gasteiger partial charge in [0.15, 0.2) is 0 Å². The van der Waals surface area contributed by atoms with Crippen molar-refractivity contribution in [3.63, 3.8) is 0 Å². The summed E-state index contributed by atoms with van der Waals surface area (Å²) in [6, 6.07) is 9.55. The number of hydrogen-bond donors (Lipinski definition) is 2. The molecule has 0 spiro atoms. The van der Waals surface area contributed by atoms with Crippen LogP contribution in [0.4, 0.5) is 0 Å². The second-order valence-electron chi connectivity index (χ2n) is 5.40. The number of likely N-dealkylation sites (tertiary alicyclic amines) is 1. The number of hydrogen-bond acceptors (Lipinski definition) is 3. The summed E-state index contributed by atoms with van der Waals surface area (Å²) < 4.78 is 0. The van der Waals surface area contributed by atoms with Gasteiger partial charge in [0.25, 0.3) is 0 Å². The highest BCUT2D eigenvalue weighted by molar-refractivity contribution is 5.82. The Bertz CT molecular complexity index is 427. The number of amides is 1. The predicted molar refractivity (Wildman–Crippen MR) is 74.6 cm³/mol.